The minimum absolute atomic E-state index is 0.0464. The SMILES string of the molecule is O=C(NCCCOC1CCCCC1)c1ccc([N+](=O)[O-])o1. The molecule has 0 saturated heterocycles. The Labute approximate surface area is 122 Å². The number of amides is 1. The Morgan fingerprint density at radius 2 is 2.14 bits per heavy atom. The van der Waals surface area contributed by atoms with Gasteiger partial charge in [-0.3, -0.25) is 14.9 Å². The zero-order valence-corrected chi connectivity index (χ0v) is 11.9. The van der Waals surface area contributed by atoms with E-state index >= 15 is 0 Å². The maximum Gasteiger partial charge on any atom is 0.433 e. The number of ether oxygens (including phenoxy) is 1. The molecule has 21 heavy (non-hydrogen) atoms. The Morgan fingerprint density at radius 3 is 2.81 bits per heavy atom. The lowest BCUT2D eigenvalue weighted by molar-refractivity contribution is -0.402. The number of nitrogens with one attached hydrogen (secondary N) is 1. The molecule has 116 valence electrons. The second-order valence-corrected chi connectivity index (χ2v) is 5.14. The highest BCUT2D eigenvalue weighted by Crippen LogP contribution is 2.20. The third-order valence-electron chi connectivity index (χ3n) is 3.51. The van der Waals surface area contributed by atoms with Crippen molar-refractivity contribution in [2.24, 2.45) is 0 Å². The molecular weight excluding hydrogens is 276 g/mol. The second-order valence-electron chi connectivity index (χ2n) is 5.14. The smallest absolute Gasteiger partial charge is 0.395 e. The highest BCUT2D eigenvalue weighted by atomic mass is 16.6. The van der Waals surface area contributed by atoms with Crippen molar-refractivity contribution in [3.05, 3.63) is 28.0 Å². The maximum absolute atomic E-state index is 11.7. The average Bonchev–Trinajstić information content (AvgIpc) is 2.98. The van der Waals surface area contributed by atoms with Crippen LogP contribution in [0.1, 0.15) is 49.1 Å². The van der Waals surface area contributed by atoms with E-state index < -0.39 is 16.7 Å². The molecule has 0 aliphatic heterocycles. The normalized spacial score (nSPS) is 15.8. The van der Waals surface area contributed by atoms with E-state index in [2.05, 4.69) is 5.32 Å². The molecule has 1 aliphatic rings. The molecule has 7 heteroatoms. The van der Waals surface area contributed by atoms with E-state index in [1.165, 1.54) is 31.4 Å². The van der Waals surface area contributed by atoms with Crippen LogP contribution in [-0.4, -0.2) is 30.1 Å². The van der Waals surface area contributed by atoms with E-state index in [4.69, 9.17) is 9.15 Å². The minimum Gasteiger partial charge on any atom is -0.395 e. The molecule has 0 unspecified atom stereocenters. The van der Waals surface area contributed by atoms with Crippen LogP contribution in [0.25, 0.3) is 0 Å². The highest BCUT2D eigenvalue weighted by Gasteiger charge is 2.17. The molecule has 1 aromatic rings. The van der Waals surface area contributed by atoms with Crippen LogP contribution in [0.4, 0.5) is 5.88 Å². The molecule has 1 saturated carbocycles. The fourth-order valence-electron chi connectivity index (χ4n) is 2.39. The molecule has 2 rings (SSSR count). The molecule has 1 heterocycles. The van der Waals surface area contributed by atoms with Crippen LogP contribution in [0.2, 0.25) is 0 Å². The molecule has 1 aromatic heterocycles. The number of nitrogens with zero attached hydrogens (tertiary/aromatic N) is 1. The van der Waals surface area contributed by atoms with E-state index in [0.29, 0.717) is 25.7 Å². The Bertz CT molecular complexity index is 479. The van der Waals surface area contributed by atoms with Crippen molar-refractivity contribution in [3.63, 3.8) is 0 Å². The summed E-state index contributed by atoms with van der Waals surface area (Å²) in [6.45, 7) is 1.07. The lowest BCUT2D eigenvalue weighted by Crippen LogP contribution is -2.25. The van der Waals surface area contributed by atoms with Crippen molar-refractivity contribution < 1.29 is 18.9 Å². The van der Waals surface area contributed by atoms with Gasteiger partial charge in [-0.15, -0.1) is 0 Å². The summed E-state index contributed by atoms with van der Waals surface area (Å²) in [5, 5.41) is 13.1. The van der Waals surface area contributed by atoms with E-state index in [0.717, 1.165) is 12.8 Å². The first-order valence-electron chi connectivity index (χ1n) is 7.31. The predicted octanol–water partition coefficient (Wildman–Crippen LogP) is 2.66. The van der Waals surface area contributed by atoms with Crippen molar-refractivity contribution in [1.29, 1.82) is 0 Å². The van der Waals surface area contributed by atoms with E-state index in [9.17, 15) is 14.9 Å². The summed E-state index contributed by atoms with van der Waals surface area (Å²) in [6, 6.07) is 2.47. The van der Waals surface area contributed by atoms with E-state index in [-0.39, 0.29) is 5.76 Å². The third-order valence-corrected chi connectivity index (χ3v) is 3.51. The van der Waals surface area contributed by atoms with Crippen LogP contribution >= 0.6 is 0 Å². The summed E-state index contributed by atoms with van der Waals surface area (Å²) in [5.41, 5.74) is 0. The van der Waals surface area contributed by atoms with Gasteiger partial charge in [0.15, 0.2) is 5.76 Å². The Morgan fingerprint density at radius 1 is 1.38 bits per heavy atom. The Balaban J connectivity index is 1.61. The molecule has 0 aromatic carbocycles. The minimum atomic E-state index is -0.672. The van der Waals surface area contributed by atoms with Crippen LogP contribution in [0.15, 0.2) is 16.5 Å². The summed E-state index contributed by atoms with van der Waals surface area (Å²) in [4.78, 5) is 21.5. The maximum atomic E-state index is 11.7. The lowest BCUT2D eigenvalue weighted by Gasteiger charge is -2.21. The zero-order valence-electron chi connectivity index (χ0n) is 11.9. The summed E-state index contributed by atoms with van der Waals surface area (Å²) in [5.74, 6) is -0.920. The largest absolute Gasteiger partial charge is 0.433 e. The second kappa shape index (κ2) is 7.78. The van der Waals surface area contributed by atoms with E-state index in [1.54, 1.807) is 0 Å². The molecule has 1 amide bonds. The lowest BCUT2D eigenvalue weighted by atomic mass is 9.98. The van der Waals surface area contributed by atoms with Crippen LogP contribution < -0.4 is 5.32 Å². The molecule has 0 radical (unpaired) electrons. The molecule has 1 N–H and O–H groups in total. The van der Waals surface area contributed by atoms with Crippen LogP contribution in [-0.2, 0) is 4.74 Å². The summed E-state index contributed by atoms with van der Waals surface area (Å²) < 4.78 is 10.6. The van der Waals surface area contributed by atoms with Gasteiger partial charge in [-0.2, -0.15) is 0 Å². The molecule has 1 aliphatic carbocycles. The first-order valence-corrected chi connectivity index (χ1v) is 7.31. The van der Waals surface area contributed by atoms with Crippen LogP contribution in [0.5, 0.6) is 0 Å². The molecule has 7 nitrogen and oxygen atoms in total. The predicted molar refractivity (Wildman–Crippen MR) is 75.1 cm³/mol. The van der Waals surface area contributed by atoms with Gasteiger partial charge in [-0.25, -0.2) is 0 Å². The quantitative estimate of drug-likeness (QED) is 0.474. The van der Waals surface area contributed by atoms with Crippen LogP contribution in [0, 0.1) is 10.1 Å². The van der Waals surface area contributed by atoms with Gasteiger partial charge in [-0.1, -0.05) is 19.3 Å². The third kappa shape index (κ3) is 4.86. The number of nitro groups is 1. The molecule has 0 bridgehead atoms. The van der Waals surface area contributed by atoms with Crippen molar-refractivity contribution in [2.75, 3.05) is 13.2 Å². The number of hydrogen-bond donors (Lipinski definition) is 1. The van der Waals surface area contributed by atoms with Gasteiger partial charge in [-0.05, 0) is 25.3 Å². The zero-order chi connectivity index (χ0) is 15.1. The first kappa shape index (κ1) is 15.5. The fraction of sp³-hybridized carbons (Fsp3) is 0.643. The van der Waals surface area contributed by atoms with Crippen molar-refractivity contribution in [1.82, 2.24) is 5.32 Å². The number of carbonyl (C=O) groups excluding carboxylic acids is 1. The highest BCUT2D eigenvalue weighted by molar-refractivity contribution is 5.91. The molecule has 0 atom stereocenters. The van der Waals surface area contributed by atoms with Gasteiger partial charge in [0.1, 0.15) is 4.92 Å². The number of carbonyl (C=O) groups is 1. The van der Waals surface area contributed by atoms with Gasteiger partial charge in [0, 0.05) is 13.2 Å². The molecular formula is C14H20N2O5. The Hall–Kier alpha value is -1.89. The number of hydrogen-bond acceptors (Lipinski definition) is 5. The van der Waals surface area contributed by atoms with Crippen molar-refractivity contribution in [3.8, 4) is 0 Å². The fourth-order valence-corrected chi connectivity index (χ4v) is 2.39. The molecule has 0 spiro atoms. The van der Waals surface area contributed by atoms with Gasteiger partial charge in [0.2, 0.25) is 0 Å². The average molecular weight is 296 g/mol. The van der Waals surface area contributed by atoms with E-state index in [1.807, 2.05) is 0 Å². The van der Waals surface area contributed by atoms with Gasteiger partial charge in [0.25, 0.3) is 5.91 Å². The summed E-state index contributed by atoms with van der Waals surface area (Å²) in [7, 11) is 0. The Kier molecular flexibility index (Phi) is 5.74. The van der Waals surface area contributed by atoms with Gasteiger partial charge < -0.3 is 14.5 Å². The summed E-state index contributed by atoms with van der Waals surface area (Å²) in [6.07, 6.45) is 7.10. The molecule has 1 fully saturated rings. The first-order chi connectivity index (χ1) is 10.2. The monoisotopic (exact) mass is 296 g/mol. The van der Waals surface area contributed by atoms with Gasteiger partial charge in [0.05, 0.1) is 12.2 Å². The van der Waals surface area contributed by atoms with Gasteiger partial charge >= 0.3 is 5.88 Å². The number of rotatable bonds is 7. The summed E-state index contributed by atoms with van der Waals surface area (Å²) >= 11 is 0. The van der Waals surface area contributed by atoms with Crippen LogP contribution in [0.3, 0.4) is 0 Å². The van der Waals surface area contributed by atoms with Crippen molar-refractivity contribution in [2.45, 2.75) is 44.6 Å². The standard InChI is InChI=1S/C14H20N2O5/c17-14(12-7-8-13(21-12)16(18)19)15-9-4-10-20-11-5-2-1-3-6-11/h7-8,11H,1-6,9-10H2,(H,15,17). The topological polar surface area (TPSA) is 94.6 Å². The van der Waals surface area contributed by atoms with Crippen molar-refractivity contribution >= 4 is 11.8 Å². The number of furan rings is 1.